The number of piperazine rings is 1. The van der Waals surface area contributed by atoms with Gasteiger partial charge in [-0.3, -0.25) is 14.7 Å². The highest BCUT2D eigenvalue weighted by molar-refractivity contribution is 5.81. The number of guanidine groups is 1. The predicted molar refractivity (Wildman–Crippen MR) is 71.6 cm³/mol. The van der Waals surface area contributed by atoms with E-state index in [2.05, 4.69) is 27.4 Å². The lowest BCUT2D eigenvalue weighted by Gasteiger charge is -2.34. The Balaban J connectivity index is 1.59. The van der Waals surface area contributed by atoms with Crippen LogP contribution in [0.3, 0.4) is 0 Å². The van der Waals surface area contributed by atoms with Crippen LogP contribution in [0.4, 0.5) is 0 Å². The Labute approximate surface area is 108 Å². The lowest BCUT2D eigenvalue weighted by atomic mass is 10.3. The second kappa shape index (κ2) is 6.04. The average molecular weight is 253 g/mol. The van der Waals surface area contributed by atoms with Crippen LogP contribution in [0.15, 0.2) is 4.99 Å². The minimum atomic E-state index is 0.186. The van der Waals surface area contributed by atoms with Crippen LogP contribution in [0.25, 0.3) is 0 Å². The lowest BCUT2D eigenvalue weighted by molar-refractivity contribution is -0.130. The Morgan fingerprint density at radius 2 is 2.17 bits per heavy atom. The van der Waals surface area contributed by atoms with E-state index in [0.717, 1.165) is 51.8 Å². The van der Waals surface area contributed by atoms with Crippen molar-refractivity contribution in [3.8, 4) is 0 Å². The largest absolute Gasteiger partial charge is 0.355 e. The minimum absolute atomic E-state index is 0.186. The Bertz CT molecular complexity index is 322. The molecule has 6 heteroatoms. The molecular weight excluding hydrogens is 230 g/mol. The van der Waals surface area contributed by atoms with Gasteiger partial charge in [0.1, 0.15) is 0 Å². The summed E-state index contributed by atoms with van der Waals surface area (Å²) in [4.78, 5) is 19.8. The number of amides is 1. The number of aliphatic imine (C=N–C) groups is 1. The molecule has 2 rings (SSSR count). The summed E-state index contributed by atoms with van der Waals surface area (Å²) in [5.74, 6) is 1.11. The van der Waals surface area contributed by atoms with E-state index in [1.807, 2.05) is 4.90 Å². The molecule has 0 radical (unpaired) electrons. The fraction of sp³-hybridized carbons (Fsp3) is 0.833. The van der Waals surface area contributed by atoms with Crippen molar-refractivity contribution in [2.45, 2.75) is 19.9 Å². The fourth-order valence-corrected chi connectivity index (χ4v) is 2.28. The Kier molecular flexibility index (Phi) is 4.41. The molecule has 6 nitrogen and oxygen atoms in total. The van der Waals surface area contributed by atoms with Gasteiger partial charge in [-0.05, 0) is 6.92 Å². The number of hydrogen-bond acceptors (Lipinski definition) is 5. The molecule has 18 heavy (non-hydrogen) atoms. The van der Waals surface area contributed by atoms with Gasteiger partial charge in [-0.15, -0.1) is 0 Å². The van der Waals surface area contributed by atoms with Gasteiger partial charge in [0.15, 0.2) is 5.96 Å². The molecule has 1 atom stereocenters. The van der Waals surface area contributed by atoms with E-state index < -0.39 is 0 Å². The highest BCUT2D eigenvalue weighted by atomic mass is 16.2. The molecule has 0 spiro atoms. The molecule has 2 heterocycles. The van der Waals surface area contributed by atoms with Gasteiger partial charge in [-0.1, -0.05) is 0 Å². The second-order valence-corrected chi connectivity index (χ2v) is 5.01. The molecule has 0 aromatic rings. The first-order valence-corrected chi connectivity index (χ1v) is 6.68. The number of nitrogens with zero attached hydrogens (tertiary/aromatic N) is 3. The van der Waals surface area contributed by atoms with Gasteiger partial charge >= 0.3 is 0 Å². The van der Waals surface area contributed by atoms with E-state index >= 15 is 0 Å². The topological polar surface area (TPSA) is 60.0 Å². The molecule has 0 aromatic carbocycles. The number of carbonyl (C=O) groups is 1. The number of nitrogens with one attached hydrogen (secondary N) is 2. The molecule has 0 bridgehead atoms. The summed E-state index contributed by atoms with van der Waals surface area (Å²) >= 11 is 0. The van der Waals surface area contributed by atoms with Gasteiger partial charge in [0.25, 0.3) is 0 Å². The van der Waals surface area contributed by atoms with Gasteiger partial charge < -0.3 is 15.5 Å². The summed E-state index contributed by atoms with van der Waals surface area (Å²) in [6.07, 6.45) is 0. The van der Waals surface area contributed by atoms with Crippen molar-refractivity contribution in [1.29, 1.82) is 0 Å². The van der Waals surface area contributed by atoms with Crippen LogP contribution >= 0.6 is 0 Å². The zero-order chi connectivity index (χ0) is 13.0. The molecule has 2 aliphatic heterocycles. The molecule has 1 unspecified atom stereocenters. The maximum atomic E-state index is 11.2. The van der Waals surface area contributed by atoms with Gasteiger partial charge in [0, 0.05) is 52.2 Å². The maximum Gasteiger partial charge on any atom is 0.219 e. The molecular formula is C12H23N5O. The van der Waals surface area contributed by atoms with Crippen LogP contribution in [0.5, 0.6) is 0 Å². The van der Waals surface area contributed by atoms with Crippen LogP contribution in [0, 0.1) is 0 Å². The second-order valence-electron chi connectivity index (χ2n) is 5.01. The standard InChI is InChI=1S/C12H23N5O/c1-10-9-14-12(15-10)13-3-4-16-5-7-17(8-6-16)11(2)18/h10H,3-9H2,1-2H3,(H2,13,14,15). The third-order valence-electron chi connectivity index (χ3n) is 3.44. The molecule has 2 aliphatic rings. The molecule has 2 N–H and O–H groups in total. The molecule has 1 amide bonds. The highest BCUT2D eigenvalue weighted by Crippen LogP contribution is 2.01. The number of hydrogen-bond donors (Lipinski definition) is 2. The van der Waals surface area contributed by atoms with Crippen LogP contribution < -0.4 is 10.6 Å². The van der Waals surface area contributed by atoms with Gasteiger partial charge in [-0.25, -0.2) is 0 Å². The summed E-state index contributed by atoms with van der Waals surface area (Å²) < 4.78 is 0. The fourth-order valence-electron chi connectivity index (χ4n) is 2.28. The third-order valence-corrected chi connectivity index (χ3v) is 3.44. The van der Waals surface area contributed by atoms with Crippen molar-refractivity contribution in [3.05, 3.63) is 0 Å². The Hall–Kier alpha value is -1.30. The maximum absolute atomic E-state index is 11.2. The van der Waals surface area contributed by atoms with Crippen LogP contribution in [-0.2, 0) is 4.79 Å². The van der Waals surface area contributed by atoms with Crippen LogP contribution in [0.1, 0.15) is 13.8 Å². The van der Waals surface area contributed by atoms with E-state index in [0.29, 0.717) is 6.04 Å². The van der Waals surface area contributed by atoms with E-state index in [1.165, 1.54) is 0 Å². The Morgan fingerprint density at radius 1 is 1.44 bits per heavy atom. The quantitative estimate of drug-likeness (QED) is 0.683. The Morgan fingerprint density at radius 3 is 2.72 bits per heavy atom. The first kappa shape index (κ1) is 13.1. The number of rotatable bonds is 3. The van der Waals surface area contributed by atoms with Gasteiger partial charge in [0.2, 0.25) is 5.91 Å². The first-order valence-electron chi connectivity index (χ1n) is 6.68. The van der Waals surface area contributed by atoms with Crippen LogP contribution in [0.2, 0.25) is 0 Å². The molecule has 0 aromatic heterocycles. The first-order chi connectivity index (χ1) is 8.65. The van der Waals surface area contributed by atoms with Crippen molar-refractivity contribution >= 4 is 11.9 Å². The van der Waals surface area contributed by atoms with E-state index in [9.17, 15) is 4.79 Å². The van der Waals surface area contributed by atoms with Crippen molar-refractivity contribution < 1.29 is 4.79 Å². The number of carbonyl (C=O) groups excluding carboxylic acids is 1. The summed E-state index contributed by atoms with van der Waals surface area (Å²) in [5, 5.41) is 6.59. The zero-order valence-corrected chi connectivity index (χ0v) is 11.3. The molecule has 1 saturated heterocycles. The van der Waals surface area contributed by atoms with Crippen molar-refractivity contribution in [2.24, 2.45) is 4.99 Å². The molecule has 102 valence electrons. The van der Waals surface area contributed by atoms with E-state index in [-0.39, 0.29) is 5.91 Å². The van der Waals surface area contributed by atoms with E-state index in [4.69, 9.17) is 0 Å². The SMILES string of the molecule is CC(=O)N1CCN(CCNC2=NCC(C)N2)CC1. The van der Waals surface area contributed by atoms with Crippen LogP contribution in [-0.4, -0.2) is 73.5 Å². The predicted octanol–water partition coefficient (Wildman–Crippen LogP) is -0.912. The summed E-state index contributed by atoms with van der Waals surface area (Å²) in [6, 6.07) is 0.451. The monoisotopic (exact) mass is 253 g/mol. The van der Waals surface area contributed by atoms with Crippen molar-refractivity contribution in [2.75, 3.05) is 45.8 Å². The normalized spacial score (nSPS) is 24.7. The summed E-state index contributed by atoms with van der Waals surface area (Å²) in [7, 11) is 0. The summed E-state index contributed by atoms with van der Waals surface area (Å²) in [6.45, 7) is 10.2. The smallest absolute Gasteiger partial charge is 0.219 e. The molecule has 0 saturated carbocycles. The summed E-state index contributed by atoms with van der Waals surface area (Å²) in [5.41, 5.74) is 0. The molecule has 1 fully saturated rings. The highest BCUT2D eigenvalue weighted by Gasteiger charge is 2.18. The minimum Gasteiger partial charge on any atom is -0.355 e. The molecule has 0 aliphatic carbocycles. The lowest BCUT2D eigenvalue weighted by Crippen LogP contribution is -2.50. The van der Waals surface area contributed by atoms with Gasteiger partial charge in [-0.2, -0.15) is 0 Å². The van der Waals surface area contributed by atoms with E-state index in [1.54, 1.807) is 6.92 Å². The average Bonchev–Trinajstić information content (AvgIpc) is 2.76. The van der Waals surface area contributed by atoms with Crippen molar-refractivity contribution in [1.82, 2.24) is 20.4 Å². The zero-order valence-electron chi connectivity index (χ0n) is 11.3. The third kappa shape index (κ3) is 3.60. The van der Waals surface area contributed by atoms with Crippen molar-refractivity contribution in [3.63, 3.8) is 0 Å². The van der Waals surface area contributed by atoms with Gasteiger partial charge in [0.05, 0.1) is 6.54 Å².